The van der Waals surface area contributed by atoms with Crippen molar-refractivity contribution in [3.8, 4) is 22.6 Å². The van der Waals surface area contributed by atoms with Crippen LogP contribution in [0.1, 0.15) is 5.56 Å². The number of phenolic OH excluding ortho intramolecular Hbond substituents is 1. The number of H-pyrrole nitrogens is 1. The van der Waals surface area contributed by atoms with Gasteiger partial charge in [0.25, 0.3) is 0 Å². The molecule has 0 aliphatic rings. The van der Waals surface area contributed by atoms with Crippen LogP contribution in [0.2, 0.25) is 5.02 Å². The van der Waals surface area contributed by atoms with Gasteiger partial charge >= 0.3 is 0 Å². The Kier molecular flexibility index (Phi) is 5.54. The number of halogens is 2. The lowest BCUT2D eigenvalue weighted by Gasteiger charge is -2.12. The van der Waals surface area contributed by atoms with E-state index in [2.05, 4.69) is 20.3 Å². The fraction of sp³-hybridized carbons (Fsp3) is 0.0400. The lowest BCUT2D eigenvalue weighted by atomic mass is 10.1. The van der Waals surface area contributed by atoms with Crippen LogP contribution in [0, 0.1) is 5.82 Å². The summed E-state index contributed by atoms with van der Waals surface area (Å²) in [5.41, 5.74) is 3.76. The van der Waals surface area contributed by atoms with Crippen molar-refractivity contribution in [2.45, 2.75) is 6.61 Å². The lowest BCUT2D eigenvalue weighted by Crippen LogP contribution is -1.98. The Labute approximate surface area is 193 Å². The Morgan fingerprint density at radius 3 is 2.73 bits per heavy atom. The Morgan fingerprint density at radius 1 is 1.03 bits per heavy atom. The quantitative estimate of drug-likeness (QED) is 0.271. The van der Waals surface area contributed by atoms with E-state index in [1.165, 1.54) is 18.5 Å². The number of aromatic nitrogens is 3. The summed E-state index contributed by atoms with van der Waals surface area (Å²) in [7, 11) is 0. The van der Waals surface area contributed by atoms with Gasteiger partial charge in [0.15, 0.2) is 0 Å². The minimum atomic E-state index is -0.312. The molecule has 164 valence electrons. The third-order valence-corrected chi connectivity index (χ3v) is 5.40. The smallest absolute Gasteiger partial charge is 0.143 e. The predicted octanol–water partition coefficient (Wildman–Crippen LogP) is 6.45. The number of aromatic amines is 1. The van der Waals surface area contributed by atoms with Gasteiger partial charge in [-0.3, -0.25) is 0 Å². The van der Waals surface area contributed by atoms with Gasteiger partial charge in [-0.25, -0.2) is 14.4 Å². The van der Waals surface area contributed by atoms with Crippen molar-refractivity contribution in [1.82, 2.24) is 15.0 Å². The van der Waals surface area contributed by atoms with Crippen LogP contribution in [-0.4, -0.2) is 20.1 Å². The maximum atomic E-state index is 13.4. The zero-order chi connectivity index (χ0) is 22.8. The molecule has 6 nitrogen and oxygen atoms in total. The van der Waals surface area contributed by atoms with Gasteiger partial charge in [0.2, 0.25) is 0 Å². The number of benzene rings is 3. The molecule has 0 saturated heterocycles. The van der Waals surface area contributed by atoms with Crippen LogP contribution in [0.15, 0.2) is 79.3 Å². The van der Waals surface area contributed by atoms with E-state index >= 15 is 0 Å². The Balaban J connectivity index is 1.41. The van der Waals surface area contributed by atoms with Gasteiger partial charge in [-0.05, 0) is 53.6 Å². The Bertz CT molecular complexity index is 1450. The summed E-state index contributed by atoms with van der Waals surface area (Å²) in [6.45, 7) is 0.202. The maximum Gasteiger partial charge on any atom is 0.143 e. The van der Waals surface area contributed by atoms with Crippen molar-refractivity contribution in [3.05, 3.63) is 95.7 Å². The number of aromatic hydroxyl groups is 1. The number of hydrogen-bond acceptors (Lipinski definition) is 5. The minimum absolute atomic E-state index is 0.175. The molecule has 0 amide bonds. The fourth-order valence-corrected chi connectivity index (χ4v) is 3.81. The normalized spacial score (nSPS) is 11.0. The molecule has 5 rings (SSSR count). The second-order valence-corrected chi connectivity index (χ2v) is 7.79. The molecule has 0 spiro atoms. The van der Waals surface area contributed by atoms with E-state index in [0.29, 0.717) is 33.5 Å². The molecule has 0 fully saturated rings. The molecule has 0 aliphatic carbocycles. The van der Waals surface area contributed by atoms with Crippen LogP contribution < -0.4 is 10.1 Å². The van der Waals surface area contributed by atoms with Crippen molar-refractivity contribution in [2.75, 3.05) is 5.32 Å². The van der Waals surface area contributed by atoms with Crippen molar-refractivity contribution in [1.29, 1.82) is 0 Å². The van der Waals surface area contributed by atoms with Crippen molar-refractivity contribution >= 4 is 34.1 Å². The SMILES string of the molecule is Oc1cccc(-c2c[nH]c3ncnc(Nc4ccc(OCc5cccc(F)c5)c(Cl)c4)c23)c1. The molecule has 8 heteroatoms. The van der Waals surface area contributed by atoms with Gasteiger partial charge in [0, 0.05) is 17.4 Å². The molecular weight excluding hydrogens is 443 g/mol. The Hall–Kier alpha value is -4.10. The number of nitrogens with one attached hydrogen (secondary N) is 2. The number of hydrogen-bond donors (Lipinski definition) is 3. The van der Waals surface area contributed by atoms with Crippen LogP contribution in [0.25, 0.3) is 22.2 Å². The second kappa shape index (κ2) is 8.80. The number of anilines is 2. The van der Waals surface area contributed by atoms with E-state index < -0.39 is 0 Å². The molecule has 0 unspecified atom stereocenters. The van der Waals surface area contributed by atoms with Crippen LogP contribution in [-0.2, 0) is 6.61 Å². The number of ether oxygens (including phenoxy) is 1. The number of fused-ring (bicyclic) bond motifs is 1. The van der Waals surface area contributed by atoms with Crippen molar-refractivity contribution < 1.29 is 14.2 Å². The van der Waals surface area contributed by atoms with E-state index in [-0.39, 0.29) is 18.2 Å². The first-order valence-electron chi connectivity index (χ1n) is 10.1. The first-order chi connectivity index (χ1) is 16.1. The highest BCUT2D eigenvalue weighted by molar-refractivity contribution is 6.32. The molecule has 0 atom stereocenters. The van der Waals surface area contributed by atoms with Crippen molar-refractivity contribution in [3.63, 3.8) is 0 Å². The lowest BCUT2D eigenvalue weighted by molar-refractivity contribution is 0.306. The zero-order valence-corrected chi connectivity index (χ0v) is 18.0. The molecule has 2 aromatic heterocycles. The number of nitrogens with zero attached hydrogens (tertiary/aromatic N) is 2. The first-order valence-corrected chi connectivity index (χ1v) is 10.5. The van der Waals surface area contributed by atoms with Gasteiger partial charge in [-0.2, -0.15) is 0 Å². The van der Waals surface area contributed by atoms with E-state index in [1.807, 2.05) is 18.3 Å². The molecule has 0 aliphatic heterocycles. The Morgan fingerprint density at radius 2 is 1.91 bits per heavy atom. The van der Waals surface area contributed by atoms with Crippen LogP contribution in [0.3, 0.4) is 0 Å². The molecule has 5 aromatic rings. The van der Waals surface area contributed by atoms with Crippen molar-refractivity contribution in [2.24, 2.45) is 0 Å². The standard InChI is InChI=1S/C25H18ClFN4O2/c26-21-11-18(7-8-22(21)33-13-15-3-1-5-17(27)9-15)31-25-23-20(12-28-24(23)29-14-30-25)16-4-2-6-19(32)10-16/h1-12,14,32H,13H2,(H2,28,29,30,31). The number of rotatable bonds is 6. The summed E-state index contributed by atoms with van der Waals surface area (Å²) in [6.07, 6.45) is 3.29. The largest absolute Gasteiger partial charge is 0.508 e. The highest BCUT2D eigenvalue weighted by atomic mass is 35.5. The minimum Gasteiger partial charge on any atom is -0.508 e. The molecule has 3 aromatic carbocycles. The zero-order valence-electron chi connectivity index (χ0n) is 17.2. The number of phenols is 1. The van der Waals surface area contributed by atoms with E-state index in [9.17, 15) is 9.50 Å². The van der Waals surface area contributed by atoms with Gasteiger partial charge in [-0.1, -0.05) is 35.9 Å². The molecular formula is C25H18ClFN4O2. The average molecular weight is 461 g/mol. The third kappa shape index (κ3) is 4.44. The highest BCUT2D eigenvalue weighted by Crippen LogP contribution is 2.35. The molecule has 3 N–H and O–H groups in total. The third-order valence-electron chi connectivity index (χ3n) is 5.10. The van der Waals surface area contributed by atoms with Crippen LogP contribution in [0.4, 0.5) is 15.9 Å². The summed E-state index contributed by atoms with van der Waals surface area (Å²) >= 11 is 6.43. The molecule has 0 saturated carbocycles. The monoisotopic (exact) mass is 460 g/mol. The van der Waals surface area contributed by atoms with E-state index in [4.69, 9.17) is 16.3 Å². The summed E-state index contributed by atoms with van der Waals surface area (Å²) in [5, 5.41) is 14.3. The predicted molar refractivity (Wildman–Crippen MR) is 126 cm³/mol. The summed E-state index contributed by atoms with van der Waals surface area (Å²) in [6, 6.07) is 18.5. The molecule has 0 bridgehead atoms. The van der Waals surface area contributed by atoms with Gasteiger partial charge in [0.05, 0.1) is 10.4 Å². The summed E-state index contributed by atoms with van der Waals surface area (Å²) < 4.78 is 19.1. The molecule has 0 radical (unpaired) electrons. The van der Waals surface area contributed by atoms with Crippen LogP contribution >= 0.6 is 11.6 Å². The van der Waals surface area contributed by atoms with Crippen LogP contribution in [0.5, 0.6) is 11.5 Å². The van der Waals surface area contributed by atoms with Gasteiger partial charge < -0.3 is 20.1 Å². The van der Waals surface area contributed by atoms with Gasteiger partial charge in [0.1, 0.15) is 41.7 Å². The topological polar surface area (TPSA) is 83.1 Å². The highest BCUT2D eigenvalue weighted by Gasteiger charge is 2.14. The summed E-state index contributed by atoms with van der Waals surface area (Å²) in [4.78, 5) is 11.8. The molecule has 2 heterocycles. The second-order valence-electron chi connectivity index (χ2n) is 7.39. The van der Waals surface area contributed by atoms with E-state index in [1.54, 1.807) is 42.5 Å². The maximum absolute atomic E-state index is 13.4. The first kappa shape index (κ1) is 20.8. The molecule has 33 heavy (non-hydrogen) atoms. The average Bonchev–Trinajstić information content (AvgIpc) is 3.24. The van der Waals surface area contributed by atoms with E-state index in [0.717, 1.165) is 16.5 Å². The van der Waals surface area contributed by atoms with Gasteiger partial charge in [-0.15, -0.1) is 0 Å². The summed E-state index contributed by atoms with van der Waals surface area (Å²) in [5.74, 6) is 0.937. The fourth-order valence-electron chi connectivity index (χ4n) is 3.58.